The molecule has 120 valence electrons. The molecule has 0 saturated carbocycles. The quantitative estimate of drug-likeness (QED) is 0.495. The number of amides is 4. The zero-order chi connectivity index (χ0) is 16.9. The lowest BCUT2D eigenvalue weighted by Gasteiger charge is -2.35. The fourth-order valence-electron chi connectivity index (χ4n) is 2.74. The highest BCUT2D eigenvalue weighted by Crippen LogP contribution is 2.37. The molecule has 0 aliphatic carbocycles. The standard InChI is InChI=1S/C14H12FN3O5/c1-16-7-4-2-3-6-9(7)12(22)18(11(6)21)14(15)5-8(19)10(20)17-13(14)23/h2-4,8,16,19H,5H2,1H3,(H,17,20,23). The van der Waals surface area contributed by atoms with Crippen LogP contribution >= 0.6 is 0 Å². The highest BCUT2D eigenvalue weighted by molar-refractivity contribution is 6.26. The Hall–Kier alpha value is -2.81. The number of carbonyl (C=O) groups excluding carboxylic acids is 4. The van der Waals surface area contributed by atoms with E-state index in [2.05, 4.69) is 5.32 Å². The highest BCUT2D eigenvalue weighted by atomic mass is 19.1. The van der Waals surface area contributed by atoms with E-state index in [1.807, 2.05) is 0 Å². The van der Waals surface area contributed by atoms with Crippen LogP contribution in [0.25, 0.3) is 0 Å². The van der Waals surface area contributed by atoms with Gasteiger partial charge in [0.15, 0.2) is 0 Å². The Balaban J connectivity index is 2.09. The van der Waals surface area contributed by atoms with E-state index in [0.717, 1.165) is 0 Å². The summed E-state index contributed by atoms with van der Waals surface area (Å²) in [4.78, 5) is 48.2. The maximum atomic E-state index is 15.1. The van der Waals surface area contributed by atoms with Gasteiger partial charge in [-0.05, 0) is 12.1 Å². The summed E-state index contributed by atoms with van der Waals surface area (Å²) < 4.78 is 15.1. The molecule has 1 aromatic carbocycles. The maximum Gasteiger partial charge on any atom is 0.286 e. The van der Waals surface area contributed by atoms with E-state index in [-0.39, 0.29) is 16.0 Å². The molecular weight excluding hydrogens is 309 g/mol. The van der Waals surface area contributed by atoms with Crippen LogP contribution < -0.4 is 10.6 Å². The second-order valence-corrected chi connectivity index (χ2v) is 5.22. The van der Waals surface area contributed by atoms with Crippen LogP contribution in [0.2, 0.25) is 0 Å². The number of hydrogen-bond donors (Lipinski definition) is 3. The zero-order valence-electron chi connectivity index (χ0n) is 11.9. The summed E-state index contributed by atoms with van der Waals surface area (Å²) in [5.41, 5.74) is 0.189. The molecule has 4 amide bonds. The summed E-state index contributed by atoms with van der Waals surface area (Å²) in [5, 5.41) is 13.9. The van der Waals surface area contributed by atoms with Gasteiger partial charge in [-0.1, -0.05) is 6.07 Å². The van der Waals surface area contributed by atoms with Crippen molar-refractivity contribution in [1.29, 1.82) is 0 Å². The Kier molecular flexibility index (Phi) is 3.18. The van der Waals surface area contributed by atoms with Crippen LogP contribution in [0.15, 0.2) is 18.2 Å². The molecular formula is C14H12FN3O5. The molecule has 0 bridgehead atoms. The lowest BCUT2D eigenvalue weighted by molar-refractivity contribution is -0.160. The van der Waals surface area contributed by atoms with Gasteiger partial charge in [0.2, 0.25) is 0 Å². The third kappa shape index (κ3) is 1.93. The SMILES string of the molecule is CNc1cccc2c1C(=O)N(C1(F)CC(O)C(=O)NC1=O)C2=O. The van der Waals surface area contributed by atoms with Gasteiger partial charge in [-0.3, -0.25) is 24.5 Å². The number of carbonyl (C=O) groups is 4. The van der Waals surface area contributed by atoms with E-state index in [1.165, 1.54) is 25.2 Å². The number of benzene rings is 1. The van der Waals surface area contributed by atoms with Crippen molar-refractivity contribution in [3.63, 3.8) is 0 Å². The number of anilines is 1. The summed E-state index contributed by atoms with van der Waals surface area (Å²) in [6, 6.07) is 4.36. The van der Waals surface area contributed by atoms with Crippen molar-refractivity contribution in [1.82, 2.24) is 10.2 Å². The molecule has 2 aliphatic heterocycles. The number of imide groups is 2. The lowest BCUT2D eigenvalue weighted by atomic mass is 9.99. The number of rotatable bonds is 2. The third-order valence-corrected chi connectivity index (χ3v) is 3.89. The summed E-state index contributed by atoms with van der Waals surface area (Å²) in [7, 11) is 1.52. The van der Waals surface area contributed by atoms with Crippen LogP contribution in [0, 0.1) is 0 Å². The number of alkyl halides is 1. The smallest absolute Gasteiger partial charge is 0.286 e. The minimum atomic E-state index is -3.13. The average Bonchev–Trinajstić information content (AvgIpc) is 2.77. The van der Waals surface area contributed by atoms with Gasteiger partial charge in [0.25, 0.3) is 29.4 Å². The predicted molar refractivity (Wildman–Crippen MR) is 74.1 cm³/mol. The van der Waals surface area contributed by atoms with Gasteiger partial charge in [-0.2, -0.15) is 0 Å². The average molecular weight is 321 g/mol. The molecule has 23 heavy (non-hydrogen) atoms. The van der Waals surface area contributed by atoms with Crippen LogP contribution in [0.4, 0.5) is 10.1 Å². The molecule has 2 heterocycles. The van der Waals surface area contributed by atoms with Gasteiger partial charge in [-0.25, -0.2) is 9.29 Å². The molecule has 0 radical (unpaired) electrons. The van der Waals surface area contributed by atoms with E-state index in [4.69, 9.17) is 0 Å². The van der Waals surface area contributed by atoms with Crippen LogP contribution in [-0.2, 0) is 9.59 Å². The number of fused-ring (bicyclic) bond motifs is 1. The molecule has 9 heteroatoms. The molecule has 2 aliphatic rings. The largest absolute Gasteiger partial charge is 0.387 e. The van der Waals surface area contributed by atoms with Gasteiger partial charge in [0, 0.05) is 19.2 Å². The number of hydrogen-bond acceptors (Lipinski definition) is 6. The summed E-state index contributed by atoms with van der Waals surface area (Å²) in [6.45, 7) is 0. The molecule has 2 unspecified atom stereocenters. The Morgan fingerprint density at radius 3 is 2.65 bits per heavy atom. The van der Waals surface area contributed by atoms with Gasteiger partial charge >= 0.3 is 0 Å². The van der Waals surface area contributed by atoms with Gasteiger partial charge in [-0.15, -0.1) is 0 Å². The first-order chi connectivity index (χ1) is 10.8. The predicted octanol–water partition coefficient (Wildman–Crippen LogP) is -0.603. The zero-order valence-corrected chi connectivity index (χ0v) is 11.9. The molecule has 1 fully saturated rings. The van der Waals surface area contributed by atoms with Crippen LogP contribution in [-0.4, -0.2) is 52.6 Å². The second-order valence-electron chi connectivity index (χ2n) is 5.22. The molecule has 2 atom stereocenters. The van der Waals surface area contributed by atoms with E-state index in [1.54, 1.807) is 5.32 Å². The highest BCUT2D eigenvalue weighted by Gasteiger charge is 2.59. The van der Waals surface area contributed by atoms with Crippen molar-refractivity contribution in [2.24, 2.45) is 0 Å². The molecule has 8 nitrogen and oxygen atoms in total. The first-order valence-electron chi connectivity index (χ1n) is 6.73. The van der Waals surface area contributed by atoms with Crippen LogP contribution in [0.3, 0.4) is 0 Å². The van der Waals surface area contributed by atoms with E-state index in [9.17, 15) is 24.3 Å². The normalized spacial score (nSPS) is 27.1. The fraction of sp³-hybridized carbons (Fsp3) is 0.286. The van der Waals surface area contributed by atoms with E-state index >= 15 is 4.39 Å². The molecule has 3 rings (SSSR count). The monoisotopic (exact) mass is 321 g/mol. The van der Waals surface area contributed by atoms with E-state index in [0.29, 0.717) is 5.69 Å². The number of aliphatic hydroxyl groups is 1. The van der Waals surface area contributed by atoms with Gasteiger partial charge in [0.1, 0.15) is 6.10 Å². The molecule has 0 aromatic heterocycles. The Labute approximate surface area is 129 Å². The molecule has 1 aromatic rings. The van der Waals surface area contributed by atoms with E-state index < -0.39 is 41.9 Å². The molecule has 3 N–H and O–H groups in total. The summed E-state index contributed by atoms with van der Waals surface area (Å²) in [5.74, 6) is -7.66. The van der Waals surface area contributed by atoms with Crippen molar-refractivity contribution < 1.29 is 28.7 Å². The number of piperidine rings is 1. The van der Waals surface area contributed by atoms with Gasteiger partial charge < -0.3 is 10.4 Å². The van der Waals surface area contributed by atoms with Crippen molar-refractivity contribution in [2.45, 2.75) is 18.3 Å². The molecule has 0 spiro atoms. The Morgan fingerprint density at radius 2 is 2.00 bits per heavy atom. The van der Waals surface area contributed by atoms with Crippen molar-refractivity contribution in [3.8, 4) is 0 Å². The second kappa shape index (κ2) is 4.85. The summed E-state index contributed by atoms with van der Waals surface area (Å²) >= 11 is 0. The maximum absolute atomic E-state index is 15.1. The summed E-state index contributed by atoms with van der Waals surface area (Å²) in [6.07, 6.45) is -2.84. The first kappa shape index (κ1) is 15.1. The Bertz CT molecular complexity index is 765. The molecule has 1 saturated heterocycles. The number of halogens is 1. The van der Waals surface area contributed by atoms with Crippen molar-refractivity contribution >= 4 is 29.3 Å². The number of nitrogens with one attached hydrogen (secondary N) is 2. The number of aliphatic hydroxyl groups excluding tert-OH is 1. The third-order valence-electron chi connectivity index (χ3n) is 3.89. The van der Waals surface area contributed by atoms with Crippen LogP contribution in [0.5, 0.6) is 0 Å². The van der Waals surface area contributed by atoms with Gasteiger partial charge in [0.05, 0.1) is 11.1 Å². The topological polar surface area (TPSA) is 116 Å². The van der Waals surface area contributed by atoms with Crippen molar-refractivity contribution in [2.75, 3.05) is 12.4 Å². The lowest BCUT2D eigenvalue weighted by Crippen LogP contribution is -2.65. The minimum absolute atomic E-state index is 0.0573. The minimum Gasteiger partial charge on any atom is -0.387 e. The first-order valence-corrected chi connectivity index (χ1v) is 6.73. The van der Waals surface area contributed by atoms with Crippen molar-refractivity contribution in [3.05, 3.63) is 29.3 Å². The number of nitrogens with zero attached hydrogens (tertiary/aromatic N) is 1. The van der Waals surface area contributed by atoms with Crippen LogP contribution in [0.1, 0.15) is 27.1 Å². The Morgan fingerprint density at radius 1 is 1.30 bits per heavy atom. The fourth-order valence-corrected chi connectivity index (χ4v) is 2.74.